The first kappa shape index (κ1) is 15.8. The highest BCUT2D eigenvalue weighted by atomic mass is 79.9. The van der Waals surface area contributed by atoms with E-state index in [9.17, 15) is 4.79 Å². The predicted molar refractivity (Wildman–Crippen MR) is 80.5 cm³/mol. The van der Waals surface area contributed by atoms with Gasteiger partial charge in [0.15, 0.2) is 0 Å². The highest BCUT2D eigenvalue weighted by Crippen LogP contribution is 2.23. The Bertz CT molecular complexity index is 427. The van der Waals surface area contributed by atoms with Crippen molar-refractivity contribution in [2.24, 2.45) is 0 Å². The molecule has 1 amide bonds. The number of hydrogen-bond acceptors (Lipinski definition) is 3. The van der Waals surface area contributed by atoms with Crippen LogP contribution >= 0.6 is 39.3 Å². The first-order valence-corrected chi connectivity index (χ1v) is 7.85. The van der Waals surface area contributed by atoms with Crippen LogP contribution in [-0.4, -0.2) is 35.2 Å². The second-order valence-electron chi connectivity index (χ2n) is 3.85. The van der Waals surface area contributed by atoms with Crippen molar-refractivity contribution < 1.29 is 9.90 Å². The van der Waals surface area contributed by atoms with Gasteiger partial charge in [0.1, 0.15) is 0 Å². The van der Waals surface area contributed by atoms with E-state index in [1.54, 1.807) is 18.2 Å². The fourth-order valence-corrected chi connectivity index (χ4v) is 2.58. The van der Waals surface area contributed by atoms with Gasteiger partial charge in [-0.3, -0.25) is 4.79 Å². The van der Waals surface area contributed by atoms with Gasteiger partial charge in [-0.2, -0.15) is 11.8 Å². The van der Waals surface area contributed by atoms with Crippen LogP contribution in [0.4, 0.5) is 0 Å². The van der Waals surface area contributed by atoms with Gasteiger partial charge in [0.25, 0.3) is 5.91 Å². The average molecular weight is 353 g/mol. The summed E-state index contributed by atoms with van der Waals surface area (Å²) in [4.78, 5) is 12.0. The van der Waals surface area contributed by atoms with Crippen LogP contribution in [0.2, 0.25) is 5.02 Å². The lowest BCUT2D eigenvalue weighted by molar-refractivity contribution is 0.0936. The van der Waals surface area contributed by atoms with Crippen LogP contribution in [0.25, 0.3) is 0 Å². The van der Waals surface area contributed by atoms with Crippen LogP contribution in [-0.2, 0) is 0 Å². The zero-order chi connectivity index (χ0) is 13.7. The molecule has 18 heavy (non-hydrogen) atoms. The van der Waals surface area contributed by atoms with Gasteiger partial charge in [-0.1, -0.05) is 11.6 Å². The van der Waals surface area contributed by atoms with E-state index in [0.29, 0.717) is 15.1 Å². The SMILES string of the molecule is CSC(CO)C(C)NC(=O)c1ccc(Cl)c(Br)c1. The van der Waals surface area contributed by atoms with Gasteiger partial charge in [0.2, 0.25) is 0 Å². The van der Waals surface area contributed by atoms with E-state index in [-0.39, 0.29) is 23.8 Å². The minimum atomic E-state index is -0.174. The molecule has 100 valence electrons. The smallest absolute Gasteiger partial charge is 0.251 e. The third-order valence-electron chi connectivity index (χ3n) is 2.58. The van der Waals surface area contributed by atoms with E-state index in [1.165, 1.54) is 11.8 Å². The quantitative estimate of drug-likeness (QED) is 0.856. The number of thioether (sulfide) groups is 1. The lowest BCUT2D eigenvalue weighted by Crippen LogP contribution is -2.41. The summed E-state index contributed by atoms with van der Waals surface area (Å²) < 4.78 is 0.688. The number of hydrogen-bond donors (Lipinski definition) is 2. The average Bonchev–Trinajstić information content (AvgIpc) is 2.34. The lowest BCUT2D eigenvalue weighted by Gasteiger charge is -2.21. The van der Waals surface area contributed by atoms with Gasteiger partial charge in [-0.05, 0) is 47.3 Å². The third kappa shape index (κ3) is 4.16. The van der Waals surface area contributed by atoms with Crippen molar-refractivity contribution in [3.8, 4) is 0 Å². The van der Waals surface area contributed by atoms with Crippen molar-refractivity contribution in [3.63, 3.8) is 0 Å². The molecule has 0 fully saturated rings. The lowest BCUT2D eigenvalue weighted by atomic mass is 10.2. The molecule has 0 aliphatic rings. The van der Waals surface area contributed by atoms with Gasteiger partial charge in [0.05, 0.1) is 11.6 Å². The molecule has 6 heteroatoms. The van der Waals surface area contributed by atoms with Gasteiger partial charge in [-0.15, -0.1) is 0 Å². The van der Waals surface area contributed by atoms with Crippen LogP contribution in [0.15, 0.2) is 22.7 Å². The normalized spacial score (nSPS) is 14.1. The van der Waals surface area contributed by atoms with Gasteiger partial charge < -0.3 is 10.4 Å². The molecule has 0 radical (unpaired) electrons. The summed E-state index contributed by atoms with van der Waals surface area (Å²) in [5.74, 6) is -0.174. The predicted octanol–water partition coefficient (Wildman–Crippen LogP) is 2.94. The topological polar surface area (TPSA) is 49.3 Å². The molecule has 0 saturated heterocycles. The summed E-state index contributed by atoms with van der Waals surface area (Å²) in [5, 5.41) is 12.6. The molecule has 0 bridgehead atoms. The Balaban J connectivity index is 2.73. The Morgan fingerprint density at radius 1 is 1.61 bits per heavy atom. The summed E-state index contributed by atoms with van der Waals surface area (Å²) in [6.07, 6.45) is 1.91. The van der Waals surface area contributed by atoms with Crippen LogP contribution in [0.3, 0.4) is 0 Å². The second kappa shape index (κ2) is 7.38. The molecule has 1 aromatic carbocycles. The number of carbonyl (C=O) groups is 1. The Labute approximate surface area is 124 Å². The summed E-state index contributed by atoms with van der Waals surface area (Å²) in [6.45, 7) is 1.91. The molecular weight excluding hydrogens is 338 g/mol. The van der Waals surface area contributed by atoms with Crippen molar-refractivity contribution in [2.75, 3.05) is 12.9 Å². The van der Waals surface area contributed by atoms with E-state index in [2.05, 4.69) is 21.2 Å². The van der Waals surface area contributed by atoms with Crippen molar-refractivity contribution in [1.82, 2.24) is 5.32 Å². The van der Waals surface area contributed by atoms with Crippen LogP contribution in [0, 0.1) is 0 Å². The number of aliphatic hydroxyl groups is 1. The van der Waals surface area contributed by atoms with E-state index in [4.69, 9.17) is 16.7 Å². The number of carbonyl (C=O) groups excluding carboxylic acids is 1. The molecule has 1 rings (SSSR count). The molecule has 3 nitrogen and oxygen atoms in total. The van der Waals surface area contributed by atoms with E-state index < -0.39 is 0 Å². The first-order chi connectivity index (χ1) is 8.49. The third-order valence-corrected chi connectivity index (χ3v) is 4.96. The summed E-state index contributed by atoms with van der Waals surface area (Å²) in [7, 11) is 0. The summed E-state index contributed by atoms with van der Waals surface area (Å²) >= 11 is 10.7. The molecule has 2 atom stereocenters. The zero-order valence-electron chi connectivity index (χ0n) is 10.1. The molecule has 2 N–H and O–H groups in total. The van der Waals surface area contributed by atoms with Crippen LogP contribution in [0.1, 0.15) is 17.3 Å². The molecule has 0 aromatic heterocycles. The second-order valence-corrected chi connectivity index (χ2v) is 6.19. The molecule has 2 unspecified atom stereocenters. The molecular formula is C12H15BrClNO2S. The Morgan fingerprint density at radius 3 is 2.78 bits per heavy atom. The van der Waals surface area contributed by atoms with Gasteiger partial charge in [0, 0.05) is 21.3 Å². The van der Waals surface area contributed by atoms with Gasteiger partial charge in [-0.25, -0.2) is 0 Å². The zero-order valence-corrected chi connectivity index (χ0v) is 13.3. The Kier molecular flexibility index (Phi) is 6.49. The maximum Gasteiger partial charge on any atom is 0.251 e. The van der Waals surface area contributed by atoms with Crippen molar-refractivity contribution in [1.29, 1.82) is 0 Å². The molecule has 0 heterocycles. The fraction of sp³-hybridized carbons (Fsp3) is 0.417. The van der Waals surface area contributed by atoms with E-state index >= 15 is 0 Å². The van der Waals surface area contributed by atoms with Crippen molar-refractivity contribution in [3.05, 3.63) is 33.3 Å². The number of amides is 1. The maximum atomic E-state index is 12.0. The number of halogens is 2. The number of nitrogens with one attached hydrogen (secondary N) is 1. The largest absolute Gasteiger partial charge is 0.395 e. The minimum Gasteiger partial charge on any atom is -0.395 e. The highest BCUT2D eigenvalue weighted by molar-refractivity contribution is 9.10. The molecule has 0 aliphatic heterocycles. The van der Waals surface area contributed by atoms with E-state index in [0.717, 1.165) is 0 Å². The molecule has 0 aliphatic carbocycles. The highest BCUT2D eigenvalue weighted by Gasteiger charge is 2.18. The number of rotatable bonds is 5. The van der Waals surface area contributed by atoms with Gasteiger partial charge >= 0.3 is 0 Å². The molecule has 0 spiro atoms. The van der Waals surface area contributed by atoms with Crippen LogP contribution < -0.4 is 5.32 Å². The fourth-order valence-electron chi connectivity index (χ4n) is 1.46. The van der Waals surface area contributed by atoms with Crippen LogP contribution in [0.5, 0.6) is 0 Å². The number of aliphatic hydroxyl groups excluding tert-OH is 1. The monoisotopic (exact) mass is 351 g/mol. The minimum absolute atomic E-state index is 0.00955. The summed E-state index contributed by atoms with van der Waals surface area (Å²) in [6, 6.07) is 4.91. The maximum absolute atomic E-state index is 12.0. The first-order valence-electron chi connectivity index (χ1n) is 5.39. The van der Waals surface area contributed by atoms with Crippen molar-refractivity contribution in [2.45, 2.75) is 18.2 Å². The van der Waals surface area contributed by atoms with Crippen molar-refractivity contribution >= 4 is 45.2 Å². The summed E-state index contributed by atoms with van der Waals surface area (Å²) in [5.41, 5.74) is 0.538. The Morgan fingerprint density at radius 2 is 2.28 bits per heavy atom. The Hall–Kier alpha value is -0.230. The van der Waals surface area contributed by atoms with E-state index in [1.807, 2.05) is 13.2 Å². The molecule has 1 aromatic rings. The standard InChI is InChI=1S/C12H15BrClNO2S/c1-7(11(6-16)18-2)15-12(17)8-3-4-10(14)9(13)5-8/h3-5,7,11,16H,6H2,1-2H3,(H,15,17). The number of benzene rings is 1. The molecule has 0 saturated carbocycles.